The van der Waals surface area contributed by atoms with Crippen LogP contribution in [0, 0.1) is 0 Å². The Labute approximate surface area is 258 Å². The SMILES string of the molecule is CC(C)N(C(=O)c1ccc(OCCCCCOc2ccc(/C(N)=N\O)cc2)cc1OC(C)(C)C(=O)O)C(C)C.[NaH]. The number of hydrogen-bond acceptors (Lipinski definition) is 7. The molecule has 4 N–H and O–H groups in total. The van der Waals surface area contributed by atoms with E-state index in [9.17, 15) is 14.7 Å². The van der Waals surface area contributed by atoms with Gasteiger partial charge in [0.1, 0.15) is 17.2 Å². The van der Waals surface area contributed by atoms with Crippen LogP contribution in [0.4, 0.5) is 0 Å². The molecule has 40 heavy (non-hydrogen) atoms. The van der Waals surface area contributed by atoms with Crippen molar-refractivity contribution in [2.24, 2.45) is 10.9 Å². The van der Waals surface area contributed by atoms with E-state index in [1.807, 2.05) is 27.7 Å². The summed E-state index contributed by atoms with van der Waals surface area (Å²) in [4.78, 5) is 26.8. The average Bonchev–Trinajstić information content (AvgIpc) is 2.87. The van der Waals surface area contributed by atoms with Crippen LogP contribution in [-0.4, -0.2) is 93.4 Å². The first-order valence-corrected chi connectivity index (χ1v) is 13.1. The number of unbranched alkanes of at least 4 members (excludes halogenated alkanes) is 2. The standard InChI is InChI=1S/C29H41N3O7.Na.H/c1-19(2)32(20(3)4)27(33)24-15-14-23(18-25(24)39-29(5,6)28(34)35)38-17-9-7-8-16-37-22-12-10-21(11-13-22)26(30)31-36;;/h10-15,18-20,36H,7-9,16-17H2,1-6H3,(H2,30,31)(H,34,35);;. The minimum absolute atomic E-state index is 0. The van der Waals surface area contributed by atoms with Crippen molar-refractivity contribution < 1.29 is 34.1 Å². The van der Waals surface area contributed by atoms with Gasteiger partial charge in [0.25, 0.3) is 5.91 Å². The molecule has 0 saturated heterocycles. The zero-order valence-electron chi connectivity index (χ0n) is 23.6. The van der Waals surface area contributed by atoms with Crippen LogP contribution in [0.25, 0.3) is 0 Å². The van der Waals surface area contributed by atoms with Gasteiger partial charge in [0.05, 0.1) is 18.8 Å². The fourth-order valence-electron chi connectivity index (χ4n) is 3.92. The number of carbonyl (C=O) groups is 2. The number of ether oxygens (including phenoxy) is 3. The van der Waals surface area contributed by atoms with E-state index in [1.54, 1.807) is 47.4 Å². The van der Waals surface area contributed by atoms with E-state index in [0.717, 1.165) is 19.3 Å². The summed E-state index contributed by atoms with van der Waals surface area (Å²) in [7, 11) is 0. The Morgan fingerprint density at radius 1 is 0.925 bits per heavy atom. The normalized spacial score (nSPS) is 11.7. The molecule has 0 unspecified atom stereocenters. The molecule has 216 valence electrons. The van der Waals surface area contributed by atoms with Gasteiger partial charge >= 0.3 is 35.5 Å². The summed E-state index contributed by atoms with van der Waals surface area (Å²) in [6.45, 7) is 11.6. The molecule has 11 heteroatoms. The maximum absolute atomic E-state index is 13.4. The van der Waals surface area contributed by atoms with Crippen molar-refractivity contribution in [3.8, 4) is 17.2 Å². The van der Waals surface area contributed by atoms with Crippen molar-refractivity contribution in [1.82, 2.24) is 4.90 Å². The van der Waals surface area contributed by atoms with E-state index in [2.05, 4.69) is 5.16 Å². The summed E-state index contributed by atoms with van der Waals surface area (Å²) in [5.41, 5.74) is 4.92. The summed E-state index contributed by atoms with van der Waals surface area (Å²) in [5, 5.41) is 21.3. The third kappa shape index (κ3) is 10.2. The molecule has 1 amide bonds. The molecule has 0 radical (unpaired) electrons. The van der Waals surface area contributed by atoms with Crippen molar-refractivity contribution in [3.05, 3.63) is 53.6 Å². The summed E-state index contributed by atoms with van der Waals surface area (Å²) in [6.07, 6.45) is 2.46. The Balaban J connectivity index is 0.00000800. The Kier molecular flexibility index (Phi) is 14.3. The topological polar surface area (TPSA) is 144 Å². The van der Waals surface area contributed by atoms with Gasteiger partial charge in [-0.1, -0.05) is 5.16 Å². The van der Waals surface area contributed by atoms with Gasteiger partial charge in [-0.15, -0.1) is 0 Å². The van der Waals surface area contributed by atoms with E-state index in [-0.39, 0.29) is 64.7 Å². The van der Waals surface area contributed by atoms with Crippen molar-refractivity contribution in [3.63, 3.8) is 0 Å². The Morgan fingerprint density at radius 2 is 1.45 bits per heavy atom. The zero-order valence-corrected chi connectivity index (χ0v) is 23.6. The monoisotopic (exact) mass is 567 g/mol. The summed E-state index contributed by atoms with van der Waals surface area (Å²) < 4.78 is 17.4. The van der Waals surface area contributed by atoms with E-state index in [0.29, 0.717) is 30.3 Å². The van der Waals surface area contributed by atoms with Crippen LogP contribution in [0.3, 0.4) is 0 Å². The Morgan fingerprint density at radius 3 is 1.95 bits per heavy atom. The van der Waals surface area contributed by atoms with Crippen LogP contribution in [-0.2, 0) is 4.79 Å². The molecule has 2 aromatic rings. The third-order valence-corrected chi connectivity index (χ3v) is 5.99. The van der Waals surface area contributed by atoms with E-state index in [4.69, 9.17) is 25.2 Å². The number of nitrogens with zero attached hydrogens (tertiary/aromatic N) is 2. The van der Waals surface area contributed by atoms with Gasteiger partial charge < -0.3 is 35.2 Å². The number of rotatable bonds is 15. The summed E-state index contributed by atoms with van der Waals surface area (Å²) in [5.74, 6) is 0.0226. The second-order valence-corrected chi connectivity index (χ2v) is 10.2. The fourth-order valence-corrected chi connectivity index (χ4v) is 3.92. The molecule has 0 spiro atoms. The molecule has 0 heterocycles. The van der Waals surface area contributed by atoms with Crippen LogP contribution < -0.4 is 19.9 Å². The molecule has 0 saturated carbocycles. The van der Waals surface area contributed by atoms with Gasteiger partial charge in [0, 0.05) is 23.7 Å². The molecule has 2 rings (SSSR count). The van der Waals surface area contributed by atoms with Gasteiger partial charge in [-0.2, -0.15) is 0 Å². The zero-order chi connectivity index (χ0) is 29.2. The molecule has 2 aromatic carbocycles. The predicted octanol–water partition coefficient (Wildman–Crippen LogP) is 4.26. The number of carbonyl (C=O) groups excluding carboxylic acids is 1. The number of nitrogens with two attached hydrogens (primary N) is 1. The number of amides is 1. The van der Waals surface area contributed by atoms with E-state index in [1.165, 1.54) is 13.8 Å². The van der Waals surface area contributed by atoms with E-state index < -0.39 is 11.6 Å². The molecule has 0 fully saturated rings. The van der Waals surface area contributed by atoms with Crippen molar-refractivity contribution in [1.29, 1.82) is 0 Å². The van der Waals surface area contributed by atoms with Gasteiger partial charge in [-0.25, -0.2) is 4.79 Å². The second-order valence-electron chi connectivity index (χ2n) is 10.2. The van der Waals surface area contributed by atoms with Crippen molar-refractivity contribution >= 4 is 47.3 Å². The second kappa shape index (κ2) is 16.3. The molecule has 10 nitrogen and oxygen atoms in total. The maximum atomic E-state index is 13.4. The molecular weight excluding hydrogens is 525 g/mol. The van der Waals surface area contributed by atoms with Gasteiger partial charge in [0.15, 0.2) is 11.4 Å². The molecule has 0 aliphatic heterocycles. The number of amidine groups is 1. The number of hydrogen-bond donors (Lipinski definition) is 3. The first-order valence-electron chi connectivity index (χ1n) is 13.1. The summed E-state index contributed by atoms with van der Waals surface area (Å²) in [6, 6.07) is 11.8. The quantitative estimate of drug-likeness (QED) is 0.0723. The average molecular weight is 568 g/mol. The summed E-state index contributed by atoms with van der Waals surface area (Å²) >= 11 is 0. The molecule has 0 atom stereocenters. The first kappa shape index (κ1) is 35.1. The third-order valence-electron chi connectivity index (χ3n) is 5.99. The minimum atomic E-state index is -1.53. The first-order chi connectivity index (χ1) is 18.4. The molecular formula is C29H42N3NaO7. The molecule has 0 aliphatic rings. The van der Waals surface area contributed by atoms with Crippen LogP contribution in [0.1, 0.15) is 76.7 Å². The van der Waals surface area contributed by atoms with Crippen molar-refractivity contribution in [2.75, 3.05) is 13.2 Å². The van der Waals surface area contributed by atoms with Gasteiger partial charge in [-0.3, -0.25) is 4.79 Å². The molecule has 0 aromatic heterocycles. The van der Waals surface area contributed by atoms with Gasteiger partial charge in [-0.05, 0) is 97.2 Å². The van der Waals surface area contributed by atoms with Crippen LogP contribution in [0.2, 0.25) is 0 Å². The molecule has 0 bridgehead atoms. The number of aliphatic carboxylic acids is 1. The number of benzene rings is 2. The number of carboxylic acid groups (broad SMARTS) is 1. The van der Waals surface area contributed by atoms with Crippen LogP contribution >= 0.6 is 0 Å². The number of carboxylic acids is 1. The van der Waals surface area contributed by atoms with Gasteiger partial charge in [0.2, 0.25) is 0 Å². The fraction of sp³-hybridized carbons (Fsp3) is 0.483. The Bertz CT molecular complexity index is 1130. The predicted molar refractivity (Wildman–Crippen MR) is 156 cm³/mol. The van der Waals surface area contributed by atoms with Crippen molar-refractivity contribution in [2.45, 2.75) is 78.5 Å². The van der Waals surface area contributed by atoms with Crippen LogP contribution in [0.5, 0.6) is 17.2 Å². The Hall–Kier alpha value is -2.95. The van der Waals surface area contributed by atoms with E-state index >= 15 is 0 Å². The van der Waals surface area contributed by atoms with Crippen LogP contribution in [0.15, 0.2) is 47.6 Å². The number of oxime groups is 1. The molecule has 0 aliphatic carbocycles.